The Balaban J connectivity index is 1.52. The van der Waals surface area contributed by atoms with E-state index in [4.69, 9.17) is 0 Å². The summed E-state index contributed by atoms with van der Waals surface area (Å²) >= 11 is 0. The molecule has 108 valence electrons. The van der Waals surface area contributed by atoms with Crippen molar-refractivity contribution in [2.75, 3.05) is 20.1 Å². The molecule has 1 amide bonds. The molecule has 1 N–H and O–H groups in total. The predicted molar refractivity (Wildman–Crippen MR) is 80.6 cm³/mol. The third-order valence-electron chi connectivity index (χ3n) is 4.62. The molecule has 1 saturated heterocycles. The highest BCUT2D eigenvalue weighted by atomic mass is 16.2. The molecule has 3 unspecified atom stereocenters. The average molecular weight is 272 g/mol. The Morgan fingerprint density at radius 2 is 2.10 bits per heavy atom. The Hall–Kier alpha value is -1.35. The first-order valence-electron chi connectivity index (χ1n) is 7.79. The Labute approximate surface area is 121 Å². The quantitative estimate of drug-likeness (QED) is 0.913. The molecular weight excluding hydrogens is 248 g/mol. The van der Waals surface area contributed by atoms with Crippen LogP contribution in [0.25, 0.3) is 0 Å². The molecule has 1 aromatic rings. The Morgan fingerprint density at radius 1 is 1.30 bits per heavy atom. The summed E-state index contributed by atoms with van der Waals surface area (Å²) in [4.78, 5) is 14.4. The number of nitrogens with zero attached hydrogens (tertiary/aromatic N) is 1. The minimum atomic E-state index is 0.214. The second-order valence-electron chi connectivity index (χ2n) is 6.22. The van der Waals surface area contributed by atoms with Gasteiger partial charge in [0.2, 0.25) is 5.91 Å². The van der Waals surface area contributed by atoms with E-state index in [9.17, 15) is 4.79 Å². The van der Waals surface area contributed by atoms with Crippen molar-refractivity contribution >= 4 is 5.91 Å². The number of piperidine rings is 1. The van der Waals surface area contributed by atoms with Gasteiger partial charge in [0.1, 0.15) is 0 Å². The molecule has 2 aliphatic rings. The standard InChI is InChI=1S/C17H24N2O/c1-19(12-14-9-5-6-10-18-14)17(20)16-11-15(16)13-7-3-2-4-8-13/h2-4,7-8,14-16,18H,5-6,9-12H2,1H3. The van der Waals surface area contributed by atoms with Crippen LogP contribution in [-0.4, -0.2) is 37.0 Å². The van der Waals surface area contributed by atoms with Crippen LogP contribution in [0.4, 0.5) is 0 Å². The summed E-state index contributed by atoms with van der Waals surface area (Å²) in [5.41, 5.74) is 1.31. The monoisotopic (exact) mass is 272 g/mol. The molecular formula is C17H24N2O. The first kappa shape index (κ1) is 13.6. The van der Waals surface area contributed by atoms with Crippen LogP contribution in [0.1, 0.15) is 37.2 Å². The predicted octanol–water partition coefficient (Wildman–Crippen LogP) is 2.39. The summed E-state index contributed by atoms with van der Waals surface area (Å²) in [5, 5.41) is 3.51. The molecule has 3 heteroatoms. The van der Waals surface area contributed by atoms with E-state index in [0.717, 1.165) is 19.5 Å². The van der Waals surface area contributed by atoms with E-state index >= 15 is 0 Å². The fourth-order valence-electron chi connectivity index (χ4n) is 3.32. The van der Waals surface area contributed by atoms with Gasteiger partial charge in [-0.1, -0.05) is 36.8 Å². The molecule has 1 heterocycles. The summed E-state index contributed by atoms with van der Waals surface area (Å²) in [6.45, 7) is 1.96. The van der Waals surface area contributed by atoms with Gasteiger partial charge >= 0.3 is 0 Å². The van der Waals surface area contributed by atoms with Gasteiger partial charge in [-0.25, -0.2) is 0 Å². The summed E-state index contributed by atoms with van der Waals surface area (Å²) in [5.74, 6) is 0.989. The third kappa shape index (κ3) is 3.04. The number of benzene rings is 1. The van der Waals surface area contributed by atoms with E-state index < -0.39 is 0 Å². The van der Waals surface area contributed by atoms with Gasteiger partial charge < -0.3 is 10.2 Å². The Kier molecular flexibility index (Phi) is 4.06. The van der Waals surface area contributed by atoms with Crippen LogP contribution in [-0.2, 0) is 4.79 Å². The van der Waals surface area contributed by atoms with Crippen LogP contribution in [0.2, 0.25) is 0 Å². The molecule has 20 heavy (non-hydrogen) atoms. The van der Waals surface area contributed by atoms with E-state index in [1.54, 1.807) is 0 Å². The highest BCUT2D eigenvalue weighted by Crippen LogP contribution is 2.48. The van der Waals surface area contributed by atoms with Crippen LogP contribution < -0.4 is 5.32 Å². The first-order chi connectivity index (χ1) is 9.75. The minimum absolute atomic E-state index is 0.214. The number of hydrogen-bond acceptors (Lipinski definition) is 2. The van der Waals surface area contributed by atoms with Gasteiger partial charge in [0, 0.05) is 25.6 Å². The van der Waals surface area contributed by atoms with Crippen LogP contribution >= 0.6 is 0 Å². The van der Waals surface area contributed by atoms with Gasteiger partial charge in [-0.15, -0.1) is 0 Å². The van der Waals surface area contributed by atoms with Crippen molar-refractivity contribution in [3.8, 4) is 0 Å². The van der Waals surface area contributed by atoms with Crippen molar-refractivity contribution in [2.45, 2.75) is 37.6 Å². The topological polar surface area (TPSA) is 32.3 Å². The van der Waals surface area contributed by atoms with Crippen molar-refractivity contribution in [3.05, 3.63) is 35.9 Å². The number of carbonyl (C=O) groups is 1. The van der Waals surface area contributed by atoms with Crippen molar-refractivity contribution in [2.24, 2.45) is 5.92 Å². The Morgan fingerprint density at radius 3 is 2.80 bits per heavy atom. The molecule has 1 aromatic carbocycles. The lowest BCUT2D eigenvalue weighted by Crippen LogP contribution is -2.44. The number of nitrogens with one attached hydrogen (secondary N) is 1. The molecule has 1 aliphatic carbocycles. The van der Waals surface area contributed by atoms with E-state index in [1.807, 2.05) is 18.0 Å². The summed E-state index contributed by atoms with van der Waals surface area (Å²) < 4.78 is 0. The number of amides is 1. The lowest BCUT2D eigenvalue weighted by atomic mass is 10.0. The summed E-state index contributed by atoms with van der Waals surface area (Å²) in [6.07, 6.45) is 4.78. The highest BCUT2D eigenvalue weighted by molar-refractivity contribution is 5.82. The molecule has 0 aromatic heterocycles. The maximum absolute atomic E-state index is 12.5. The molecule has 3 atom stereocenters. The zero-order chi connectivity index (χ0) is 13.9. The lowest BCUT2D eigenvalue weighted by Gasteiger charge is -2.28. The SMILES string of the molecule is CN(CC1CCCCN1)C(=O)C1CC1c1ccccc1. The maximum atomic E-state index is 12.5. The van der Waals surface area contributed by atoms with E-state index in [2.05, 4.69) is 29.6 Å². The van der Waals surface area contributed by atoms with E-state index in [1.165, 1.54) is 24.8 Å². The van der Waals surface area contributed by atoms with Gasteiger partial charge in [-0.05, 0) is 37.3 Å². The van der Waals surface area contributed by atoms with Crippen molar-refractivity contribution in [3.63, 3.8) is 0 Å². The maximum Gasteiger partial charge on any atom is 0.226 e. The van der Waals surface area contributed by atoms with Crippen molar-refractivity contribution < 1.29 is 4.79 Å². The van der Waals surface area contributed by atoms with Gasteiger partial charge in [-0.2, -0.15) is 0 Å². The normalized spacial score (nSPS) is 28.9. The molecule has 1 aliphatic heterocycles. The second kappa shape index (κ2) is 5.96. The zero-order valence-electron chi connectivity index (χ0n) is 12.2. The third-order valence-corrected chi connectivity index (χ3v) is 4.62. The second-order valence-corrected chi connectivity index (χ2v) is 6.22. The summed E-state index contributed by atoms with van der Waals surface area (Å²) in [6, 6.07) is 10.9. The van der Waals surface area contributed by atoms with E-state index in [-0.39, 0.29) is 5.92 Å². The van der Waals surface area contributed by atoms with Gasteiger partial charge in [0.15, 0.2) is 0 Å². The minimum Gasteiger partial charge on any atom is -0.344 e. The van der Waals surface area contributed by atoms with Gasteiger partial charge in [0.05, 0.1) is 0 Å². The highest BCUT2D eigenvalue weighted by Gasteiger charge is 2.45. The fourth-order valence-corrected chi connectivity index (χ4v) is 3.32. The fraction of sp³-hybridized carbons (Fsp3) is 0.588. The summed E-state index contributed by atoms with van der Waals surface area (Å²) in [7, 11) is 1.96. The van der Waals surface area contributed by atoms with Crippen molar-refractivity contribution in [1.82, 2.24) is 10.2 Å². The Bertz CT molecular complexity index is 453. The van der Waals surface area contributed by atoms with Crippen LogP contribution in [0, 0.1) is 5.92 Å². The average Bonchev–Trinajstić information content (AvgIpc) is 3.29. The zero-order valence-corrected chi connectivity index (χ0v) is 12.2. The molecule has 3 rings (SSSR count). The molecule has 2 fully saturated rings. The lowest BCUT2D eigenvalue weighted by molar-refractivity contribution is -0.131. The van der Waals surface area contributed by atoms with Crippen molar-refractivity contribution in [1.29, 1.82) is 0 Å². The smallest absolute Gasteiger partial charge is 0.226 e. The molecule has 0 radical (unpaired) electrons. The van der Waals surface area contributed by atoms with Gasteiger partial charge in [0.25, 0.3) is 0 Å². The largest absolute Gasteiger partial charge is 0.344 e. The molecule has 0 spiro atoms. The number of rotatable bonds is 4. The molecule has 1 saturated carbocycles. The first-order valence-corrected chi connectivity index (χ1v) is 7.79. The number of hydrogen-bond donors (Lipinski definition) is 1. The van der Waals surface area contributed by atoms with Gasteiger partial charge in [-0.3, -0.25) is 4.79 Å². The van der Waals surface area contributed by atoms with E-state index in [0.29, 0.717) is 17.9 Å². The molecule has 0 bridgehead atoms. The van der Waals surface area contributed by atoms with Crippen LogP contribution in [0.15, 0.2) is 30.3 Å². The van der Waals surface area contributed by atoms with Crippen LogP contribution in [0.3, 0.4) is 0 Å². The number of likely N-dealkylation sites (N-methyl/N-ethyl adjacent to an activating group) is 1. The van der Waals surface area contributed by atoms with Crippen LogP contribution in [0.5, 0.6) is 0 Å². The molecule has 3 nitrogen and oxygen atoms in total. The number of carbonyl (C=O) groups excluding carboxylic acids is 1.